The number of nitrogens with one attached hydrogen (secondary N) is 1. The maximum Gasteiger partial charge on any atom is 0.258 e. The van der Waals surface area contributed by atoms with Gasteiger partial charge in [0.1, 0.15) is 5.75 Å². The van der Waals surface area contributed by atoms with Crippen LogP contribution < -0.4 is 14.0 Å². The van der Waals surface area contributed by atoms with Gasteiger partial charge in [0.25, 0.3) is 14.2 Å². The van der Waals surface area contributed by atoms with E-state index in [-0.39, 0.29) is 10.9 Å². The number of carbonyl (C=O) groups is 1. The predicted octanol–water partition coefficient (Wildman–Crippen LogP) is 5.41. The molecule has 1 aliphatic rings. The molecule has 1 amide bonds. The molecule has 1 N–H and O–H groups in total. The fraction of sp³-hybridized carbons (Fsp3) is 0.409. The lowest BCUT2D eigenvalue weighted by atomic mass is 9.98. The molecule has 1 heterocycles. The summed E-state index contributed by atoms with van der Waals surface area (Å²) in [7, 11) is -5.72. The van der Waals surface area contributed by atoms with E-state index in [4.69, 9.17) is 4.43 Å². The first-order valence-corrected chi connectivity index (χ1v) is 15.7. The van der Waals surface area contributed by atoms with Gasteiger partial charge in [-0.3, -0.25) is 9.52 Å². The van der Waals surface area contributed by atoms with Gasteiger partial charge in [0.05, 0.1) is 11.9 Å². The zero-order chi connectivity index (χ0) is 23.2. The quantitative estimate of drug-likeness (QED) is 0.530. The molecule has 1 aliphatic heterocycles. The molecule has 2 aromatic carbocycles. The highest BCUT2D eigenvalue weighted by molar-refractivity contribution is 9.10. The van der Waals surface area contributed by atoms with Crippen molar-refractivity contribution in [3.8, 4) is 5.75 Å². The molecule has 31 heavy (non-hydrogen) atoms. The molecule has 3 rings (SSSR count). The van der Waals surface area contributed by atoms with Crippen LogP contribution in [0.25, 0.3) is 0 Å². The predicted molar refractivity (Wildman–Crippen MR) is 132 cm³/mol. The minimum atomic E-state index is -3.53. The van der Waals surface area contributed by atoms with Crippen LogP contribution in [0.15, 0.2) is 40.9 Å². The van der Waals surface area contributed by atoms with Crippen molar-refractivity contribution < 1.29 is 17.6 Å². The van der Waals surface area contributed by atoms with Gasteiger partial charge in [-0.2, -0.15) is 0 Å². The number of anilines is 2. The van der Waals surface area contributed by atoms with Crippen molar-refractivity contribution in [2.75, 3.05) is 22.4 Å². The van der Waals surface area contributed by atoms with Crippen LogP contribution in [0.2, 0.25) is 18.1 Å². The number of halogens is 1. The summed E-state index contributed by atoms with van der Waals surface area (Å²) in [6.07, 6.45) is 1.83. The summed E-state index contributed by atoms with van der Waals surface area (Å²) in [5.41, 5.74) is 2.64. The molecule has 0 spiro atoms. The van der Waals surface area contributed by atoms with Crippen LogP contribution in [0, 0.1) is 0 Å². The number of benzene rings is 2. The van der Waals surface area contributed by atoms with Gasteiger partial charge in [0.15, 0.2) is 0 Å². The molecule has 0 radical (unpaired) electrons. The van der Waals surface area contributed by atoms with Crippen molar-refractivity contribution in [2.45, 2.75) is 45.3 Å². The minimum Gasteiger partial charge on any atom is -0.542 e. The second-order valence-electron chi connectivity index (χ2n) is 9.43. The third-order valence-electron chi connectivity index (χ3n) is 5.89. The number of hydrogen-bond donors (Lipinski definition) is 1. The largest absolute Gasteiger partial charge is 0.542 e. The molecule has 0 aromatic heterocycles. The van der Waals surface area contributed by atoms with E-state index < -0.39 is 18.3 Å². The first-order valence-electron chi connectivity index (χ1n) is 10.1. The SMILES string of the molecule is CC(C)(C)[Si](C)(C)Oc1ccc(N2CCc3cc(Br)ccc3C2=O)cc1NS(C)(=O)=O. The second kappa shape index (κ2) is 8.25. The van der Waals surface area contributed by atoms with Crippen molar-refractivity contribution >= 4 is 51.6 Å². The Balaban J connectivity index is 2.00. The molecule has 0 atom stereocenters. The molecule has 0 fully saturated rings. The zero-order valence-electron chi connectivity index (χ0n) is 18.7. The van der Waals surface area contributed by atoms with Crippen molar-refractivity contribution in [3.63, 3.8) is 0 Å². The summed E-state index contributed by atoms with van der Waals surface area (Å²) >= 11 is 3.45. The van der Waals surface area contributed by atoms with E-state index in [1.807, 2.05) is 24.3 Å². The Morgan fingerprint density at radius 1 is 1.13 bits per heavy atom. The van der Waals surface area contributed by atoms with Crippen molar-refractivity contribution in [3.05, 3.63) is 52.0 Å². The molecular weight excluding hydrogens is 496 g/mol. The summed E-state index contributed by atoms with van der Waals surface area (Å²) < 4.78 is 33.9. The fourth-order valence-electron chi connectivity index (χ4n) is 3.19. The average Bonchev–Trinajstić information content (AvgIpc) is 2.61. The third kappa shape index (κ3) is 5.32. The molecule has 0 aliphatic carbocycles. The van der Waals surface area contributed by atoms with Gasteiger partial charge in [0, 0.05) is 22.3 Å². The number of sulfonamides is 1. The molecule has 2 aromatic rings. The zero-order valence-corrected chi connectivity index (χ0v) is 22.1. The fourth-order valence-corrected chi connectivity index (χ4v) is 5.19. The van der Waals surface area contributed by atoms with Crippen LogP contribution in [0.1, 0.15) is 36.7 Å². The van der Waals surface area contributed by atoms with E-state index >= 15 is 0 Å². The Labute approximate surface area is 194 Å². The maximum atomic E-state index is 13.1. The highest BCUT2D eigenvalue weighted by Gasteiger charge is 2.39. The first kappa shape index (κ1) is 23.8. The van der Waals surface area contributed by atoms with Gasteiger partial charge >= 0.3 is 0 Å². The van der Waals surface area contributed by atoms with E-state index in [0.29, 0.717) is 29.2 Å². The number of fused-ring (bicyclic) bond motifs is 1. The summed E-state index contributed by atoms with van der Waals surface area (Å²) in [6, 6.07) is 10.9. The minimum absolute atomic E-state index is 0.0468. The normalized spacial score (nSPS) is 14.9. The summed E-state index contributed by atoms with van der Waals surface area (Å²) in [5.74, 6) is 0.381. The number of amides is 1. The molecule has 9 heteroatoms. The lowest BCUT2D eigenvalue weighted by molar-refractivity contribution is 0.0980. The van der Waals surface area contributed by atoms with Gasteiger partial charge in [-0.25, -0.2) is 8.42 Å². The Morgan fingerprint density at radius 2 is 1.81 bits per heavy atom. The second-order valence-corrected chi connectivity index (χ2v) is 16.8. The van der Waals surface area contributed by atoms with Crippen LogP contribution in [-0.2, 0) is 16.4 Å². The molecule has 0 bridgehead atoms. The van der Waals surface area contributed by atoms with Crippen molar-refractivity contribution in [1.29, 1.82) is 0 Å². The van der Waals surface area contributed by atoms with Crippen LogP contribution >= 0.6 is 15.9 Å². The topological polar surface area (TPSA) is 75.7 Å². The number of carbonyl (C=O) groups excluding carboxylic acids is 1. The Morgan fingerprint density at radius 3 is 2.42 bits per heavy atom. The van der Waals surface area contributed by atoms with Gasteiger partial charge in [0.2, 0.25) is 10.0 Å². The van der Waals surface area contributed by atoms with Crippen molar-refractivity contribution in [2.24, 2.45) is 0 Å². The highest BCUT2D eigenvalue weighted by atomic mass is 79.9. The number of hydrogen-bond acceptors (Lipinski definition) is 4. The number of nitrogens with zero attached hydrogens (tertiary/aromatic N) is 1. The molecule has 0 saturated carbocycles. The first-order chi connectivity index (χ1) is 14.2. The lowest BCUT2D eigenvalue weighted by Gasteiger charge is -2.37. The van der Waals surface area contributed by atoms with E-state index in [1.165, 1.54) is 0 Å². The highest BCUT2D eigenvalue weighted by Crippen LogP contribution is 2.41. The molecule has 0 saturated heterocycles. The lowest BCUT2D eigenvalue weighted by Crippen LogP contribution is -2.44. The number of rotatable bonds is 5. The van der Waals surface area contributed by atoms with Gasteiger partial charge < -0.3 is 9.33 Å². The third-order valence-corrected chi connectivity index (χ3v) is 11.3. The standard InChI is InChI=1S/C22H29BrN2O4SSi/c1-22(2,3)31(5,6)29-20-10-8-17(14-19(20)24-30(4,27)28)25-12-11-15-13-16(23)7-9-18(15)21(25)26/h7-10,13-14,24H,11-12H2,1-6H3. The van der Waals surface area contributed by atoms with E-state index in [1.54, 1.807) is 17.0 Å². The van der Waals surface area contributed by atoms with Crippen molar-refractivity contribution in [1.82, 2.24) is 0 Å². The summed E-state index contributed by atoms with van der Waals surface area (Å²) in [5, 5.41) is -0.0468. The summed E-state index contributed by atoms with van der Waals surface area (Å²) in [4.78, 5) is 14.8. The monoisotopic (exact) mass is 524 g/mol. The van der Waals surface area contributed by atoms with Gasteiger partial charge in [-0.15, -0.1) is 0 Å². The molecule has 168 valence electrons. The molecular formula is C22H29BrN2O4SSi. The smallest absolute Gasteiger partial charge is 0.258 e. The van der Waals surface area contributed by atoms with Crippen LogP contribution in [0.4, 0.5) is 11.4 Å². The van der Waals surface area contributed by atoms with Gasteiger partial charge in [-0.05, 0) is 66.5 Å². The van der Waals surface area contributed by atoms with E-state index in [0.717, 1.165) is 22.7 Å². The Bertz CT molecular complexity index is 1130. The average molecular weight is 526 g/mol. The van der Waals surface area contributed by atoms with Crippen LogP contribution in [0.5, 0.6) is 5.75 Å². The molecule has 0 unspecified atom stereocenters. The van der Waals surface area contributed by atoms with Crippen LogP contribution in [0.3, 0.4) is 0 Å². The molecule has 6 nitrogen and oxygen atoms in total. The van der Waals surface area contributed by atoms with E-state index in [9.17, 15) is 13.2 Å². The Hall–Kier alpha value is -1.84. The maximum absolute atomic E-state index is 13.1. The van der Waals surface area contributed by atoms with Crippen LogP contribution in [-0.4, -0.2) is 35.4 Å². The van der Waals surface area contributed by atoms with Gasteiger partial charge in [-0.1, -0.05) is 36.7 Å². The summed E-state index contributed by atoms with van der Waals surface area (Å²) in [6.45, 7) is 11.1. The van der Waals surface area contributed by atoms with E-state index in [2.05, 4.69) is 54.5 Å². The Kier molecular flexibility index (Phi) is 6.34.